The molecule has 1 aliphatic rings. The van der Waals surface area contributed by atoms with Crippen LogP contribution in [-0.2, 0) is 14.4 Å². The van der Waals surface area contributed by atoms with E-state index >= 15 is 0 Å². The van der Waals surface area contributed by atoms with Crippen LogP contribution in [0.15, 0.2) is 0 Å². The van der Waals surface area contributed by atoms with E-state index in [4.69, 9.17) is 5.11 Å². The van der Waals surface area contributed by atoms with Gasteiger partial charge in [-0.15, -0.1) is 0 Å². The van der Waals surface area contributed by atoms with Gasteiger partial charge in [-0.05, 0) is 19.8 Å². The van der Waals surface area contributed by atoms with Crippen LogP contribution in [0, 0.1) is 0 Å². The molecule has 18 heavy (non-hydrogen) atoms. The number of nitrogens with zero attached hydrogens (tertiary/aromatic N) is 1. The van der Waals surface area contributed by atoms with Gasteiger partial charge in [-0.3, -0.25) is 9.59 Å². The van der Waals surface area contributed by atoms with Gasteiger partial charge in [-0.2, -0.15) is 0 Å². The first-order chi connectivity index (χ1) is 8.32. The predicted octanol–water partition coefficient (Wildman–Crippen LogP) is 0.0911. The van der Waals surface area contributed by atoms with Gasteiger partial charge in [-0.25, -0.2) is 4.79 Å². The largest absolute Gasteiger partial charge is 0.480 e. The van der Waals surface area contributed by atoms with Gasteiger partial charge in [0.05, 0.1) is 11.4 Å². The van der Waals surface area contributed by atoms with Crippen molar-refractivity contribution < 1.29 is 24.6 Å². The molecule has 102 valence electrons. The molecule has 3 unspecified atom stereocenters. The maximum absolute atomic E-state index is 12.1. The van der Waals surface area contributed by atoms with E-state index in [1.54, 1.807) is 6.92 Å². The Hall–Kier alpha value is -1.08. The number of amides is 1. The monoisotopic (exact) mass is 275 g/mol. The number of aliphatic hydroxyl groups is 1. The van der Waals surface area contributed by atoms with Crippen LogP contribution in [0.25, 0.3) is 0 Å². The molecule has 0 spiro atoms. The van der Waals surface area contributed by atoms with Crippen LogP contribution < -0.4 is 0 Å². The third-order valence-corrected chi connectivity index (χ3v) is 3.70. The number of hydrogen-bond acceptors (Lipinski definition) is 5. The first-order valence-corrected chi connectivity index (χ1v) is 6.59. The lowest BCUT2D eigenvalue weighted by molar-refractivity contribution is -0.154. The van der Waals surface area contributed by atoms with Crippen LogP contribution in [0.4, 0.5) is 0 Å². The van der Waals surface area contributed by atoms with Gasteiger partial charge in [0.15, 0.2) is 5.12 Å². The summed E-state index contributed by atoms with van der Waals surface area (Å²) in [6.45, 7) is 2.93. The van der Waals surface area contributed by atoms with Crippen molar-refractivity contribution in [2.24, 2.45) is 0 Å². The molecule has 0 bridgehead atoms. The number of carboxylic acid groups (broad SMARTS) is 1. The lowest BCUT2D eigenvalue weighted by Crippen LogP contribution is -2.54. The summed E-state index contributed by atoms with van der Waals surface area (Å²) in [4.78, 5) is 35.3. The van der Waals surface area contributed by atoms with Gasteiger partial charge in [0.1, 0.15) is 6.04 Å². The highest BCUT2D eigenvalue weighted by Gasteiger charge is 2.37. The number of aliphatic carboxylic acids is 1. The first-order valence-electron chi connectivity index (χ1n) is 5.71. The van der Waals surface area contributed by atoms with E-state index < -0.39 is 29.3 Å². The number of carboxylic acids is 1. The van der Waals surface area contributed by atoms with Crippen molar-refractivity contribution in [1.82, 2.24) is 4.90 Å². The molecule has 1 aliphatic heterocycles. The van der Waals surface area contributed by atoms with E-state index in [2.05, 4.69) is 0 Å². The highest BCUT2D eigenvalue weighted by Crippen LogP contribution is 2.22. The van der Waals surface area contributed by atoms with Gasteiger partial charge < -0.3 is 15.1 Å². The zero-order chi connectivity index (χ0) is 13.9. The molecule has 3 atom stereocenters. The minimum atomic E-state index is -1.07. The van der Waals surface area contributed by atoms with E-state index in [1.165, 1.54) is 6.92 Å². The summed E-state index contributed by atoms with van der Waals surface area (Å²) in [5.74, 6) is -1.49. The number of aliphatic hydroxyl groups excluding tert-OH is 1. The number of rotatable bonds is 3. The fraction of sp³-hybridized carbons (Fsp3) is 0.727. The molecule has 0 aromatic heterocycles. The molecule has 1 rings (SSSR count). The van der Waals surface area contributed by atoms with E-state index in [0.717, 1.165) is 16.7 Å². The number of hydrogen-bond donors (Lipinski definition) is 2. The quantitative estimate of drug-likeness (QED) is 0.758. The van der Waals surface area contributed by atoms with Gasteiger partial charge in [0.2, 0.25) is 5.91 Å². The van der Waals surface area contributed by atoms with Crippen molar-refractivity contribution in [3.8, 4) is 0 Å². The second kappa shape index (κ2) is 6.19. The zero-order valence-corrected chi connectivity index (χ0v) is 11.1. The van der Waals surface area contributed by atoms with Crippen LogP contribution in [0.1, 0.15) is 26.7 Å². The summed E-state index contributed by atoms with van der Waals surface area (Å²) in [7, 11) is 0. The molecule has 0 aromatic rings. The summed E-state index contributed by atoms with van der Waals surface area (Å²) < 4.78 is 0. The minimum Gasteiger partial charge on any atom is -0.480 e. The number of β-amino-alcohol motifs (C(OH)–C–C–N with tert-alkyl or cyclic N) is 1. The second-order valence-electron chi connectivity index (χ2n) is 4.33. The Morgan fingerprint density at radius 2 is 1.94 bits per heavy atom. The van der Waals surface area contributed by atoms with Crippen LogP contribution in [0.3, 0.4) is 0 Å². The van der Waals surface area contributed by atoms with E-state index in [-0.39, 0.29) is 18.1 Å². The molecule has 7 heteroatoms. The van der Waals surface area contributed by atoms with E-state index in [1.807, 2.05) is 0 Å². The third-order valence-electron chi connectivity index (χ3n) is 2.82. The van der Waals surface area contributed by atoms with E-state index in [0.29, 0.717) is 6.42 Å². The zero-order valence-electron chi connectivity index (χ0n) is 10.3. The summed E-state index contributed by atoms with van der Waals surface area (Å²) in [6.07, 6.45) is -0.0895. The van der Waals surface area contributed by atoms with Crippen molar-refractivity contribution >= 4 is 28.8 Å². The molecule has 0 radical (unpaired) electrons. The average molecular weight is 275 g/mol. The molecular formula is C11H17NO5S. The standard InChI is InChI=1S/C11H17NO5S/c1-6(18-7(2)13)10(15)12-5-8(14)3-4-9(12)11(16)17/h6,8-9,14H,3-5H2,1-2H3,(H,16,17). The third kappa shape index (κ3) is 3.71. The summed E-state index contributed by atoms with van der Waals surface area (Å²) in [6, 6.07) is -0.907. The smallest absolute Gasteiger partial charge is 0.326 e. The van der Waals surface area contributed by atoms with Crippen LogP contribution in [0.2, 0.25) is 0 Å². The number of likely N-dealkylation sites (tertiary alicyclic amines) is 1. The second-order valence-corrected chi connectivity index (χ2v) is 5.85. The normalized spacial score (nSPS) is 25.6. The fourth-order valence-electron chi connectivity index (χ4n) is 1.98. The van der Waals surface area contributed by atoms with Crippen LogP contribution in [0.5, 0.6) is 0 Å². The Morgan fingerprint density at radius 1 is 1.33 bits per heavy atom. The Labute approximate surface area is 109 Å². The lowest BCUT2D eigenvalue weighted by atomic mass is 10.00. The molecule has 0 aromatic carbocycles. The number of piperidine rings is 1. The summed E-state index contributed by atoms with van der Waals surface area (Å²) in [5.41, 5.74) is 0. The van der Waals surface area contributed by atoms with Crippen molar-refractivity contribution in [2.45, 2.75) is 44.1 Å². The molecular weight excluding hydrogens is 258 g/mol. The highest BCUT2D eigenvalue weighted by molar-refractivity contribution is 8.14. The fourth-order valence-corrected chi connectivity index (χ4v) is 2.72. The lowest BCUT2D eigenvalue weighted by Gasteiger charge is -2.36. The SMILES string of the molecule is CC(=O)SC(C)C(=O)N1CC(O)CCC1C(=O)O. The topological polar surface area (TPSA) is 94.9 Å². The number of thioether (sulfide) groups is 1. The molecule has 1 saturated heterocycles. The van der Waals surface area contributed by atoms with Crippen molar-refractivity contribution in [3.05, 3.63) is 0 Å². The highest BCUT2D eigenvalue weighted by atomic mass is 32.2. The van der Waals surface area contributed by atoms with Gasteiger partial charge >= 0.3 is 5.97 Å². The Morgan fingerprint density at radius 3 is 2.44 bits per heavy atom. The Bertz CT molecular complexity index is 359. The molecule has 2 N–H and O–H groups in total. The van der Waals surface area contributed by atoms with Crippen molar-refractivity contribution in [1.29, 1.82) is 0 Å². The number of carbonyl (C=O) groups excluding carboxylic acids is 2. The van der Waals surface area contributed by atoms with Crippen molar-refractivity contribution in [2.75, 3.05) is 6.54 Å². The van der Waals surface area contributed by atoms with Crippen molar-refractivity contribution in [3.63, 3.8) is 0 Å². The maximum atomic E-state index is 12.1. The van der Waals surface area contributed by atoms with E-state index in [9.17, 15) is 19.5 Å². The summed E-state index contributed by atoms with van der Waals surface area (Å²) >= 11 is 0.866. The molecule has 1 heterocycles. The molecule has 0 saturated carbocycles. The van der Waals surface area contributed by atoms with Gasteiger partial charge in [0.25, 0.3) is 0 Å². The Kier molecular flexibility index (Phi) is 5.15. The predicted molar refractivity (Wildman–Crippen MR) is 66.1 cm³/mol. The van der Waals surface area contributed by atoms with Gasteiger partial charge in [-0.1, -0.05) is 11.8 Å². The number of carbonyl (C=O) groups is 3. The van der Waals surface area contributed by atoms with Crippen LogP contribution >= 0.6 is 11.8 Å². The average Bonchev–Trinajstić information content (AvgIpc) is 2.26. The molecule has 6 nitrogen and oxygen atoms in total. The molecule has 0 aliphatic carbocycles. The Balaban J connectivity index is 2.78. The molecule has 1 fully saturated rings. The van der Waals surface area contributed by atoms with Crippen LogP contribution in [-0.4, -0.2) is 56.0 Å². The summed E-state index contributed by atoms with van der Waals surface area (Å²) in [5, 5.41) is 17.8. The maximum Gasteiger partial charge on any atom is 0.326 e. The van der Waals surface area contributed by atoms with Gasteiger partial charge in [0, 0.05) is 13.5 Å². The molecule has 1 amide bonds. The first kappa shape index (κ1) is 15.0. The minimum absolute atomic E-state index is 0.0125.